The molecule has 1 atom stereocenters. The van der Waals surface area contributed by atoms with Gasteiger partial charge in [-0.15, -0.1) is 0 Å². The Kier molecular flexibility index (Phi) is 8.72. The number of methoxy groups -OCH3 is 1. The summed E-state index contributed by atoms with van der Waals surface area (Å²) in [6.45, 7) is 22.0. The molecular formula is C23H38Br2NOP. The third kappa shape index (κ3) is 6.47. The maximum absolute atomic E-state index is 5.46. The summed E-state index contributed by atoms with van der Waals surface area (Å²) in [6, 6.07) is 4.79. The highest BCUT2D eigenvalue weighted by molar-refractivity contribution is 9.40. The molecule has 28 heavy (non-hydrogen) atoms. The van der Waals surface area contributed by atoms with Crippen molar-refractivity contribution in [2.24, 2.45) is 0 Å². The zero-order valence-corrected chi connectivity index (χ0v) is 23.5. The van der Waals surface area contributed by atoms with Gasteiger partial charge in [-0.05, 0) is 70.8 Å². The van der Waals surface area contributed by atoms with Gasteiger partial charge in [-0.3, -0.25) is 0 Å². The monoisotopic (exact) mass is 533 g/mol. The molecular weight excluding hydrogens is 497 g/mol. The average Bonchev–Trinajstić information content (AvgIpc) is 2.52. The number of anilines is 1. The highest BCUT2D eigenvalue weighted by Gasteiger charge is 2.30. The van der Waals surface area contributed by atoms with Gasteiger partial charge in [-0.25, -0.2) is 0 Å². The number of benzene rings is 1. The molecule has 2 nitrogen and oxygen atoms in total. The van der Waals surface area contributed by atoms with E-state index in [0.29, 0.717) is 0 Å². The van der Waals surface area contributed by atoms with E-state index in [9.17, 15) is 0 Å². The Bertz CT molecular complexity index is 687. The number of hydrogen-bond acceptors (Lipinski definition) is 2. The second-order valence-corrected chi connectivity index (χ2v) is 14.5. The van der Waals surface area contributed by atoms with Crippen molar-refractivity contribution >= 4 is 43.9 Å². The van der Waals surface area contributed by atoms with Gasteiger partial charge < -0.3 is 9.82 Å². The van der Waals surface area contributed by atoms with Crippen LogP contribution in [0.3, 0.4) is 0 Å². The topological polar surface area (TPSA) is 21.3 Å². The van der Waals surface area contributed by atoms with Crippen molar-refractivity contribution in [2.45, 2.75) is 91.9 Å². The second-order valence-electron chi connectivity index (χ2n) is 10.4. The van der Waals surface area contributed by atoms with Crippen LogP contribution in [0.1, 0.15) is 92.3 Å². The number of hydrogen-bond donors (Lipinski definition) is 1. The van der Waals surface area contributed by atoms with Gasteiger partial charge in [0.25, 0.3) is 0 Å². The van der Waals surface area contributed by atoms with Gasteiger partial charge >= 0.3 is 0 Å². The Hall–Kier alpha value is -0.0500. The van der Waals surface area contributed by atoms with Crippen molar-refractivity contribution in [1.82, 2.24) is 0 Å². The van der Waals surface area contributed by atoms with Crippen LogP contribution in [0.4, 0.5) is 5.69 Å². The molecule has 0 aliphatic rings. The van der Waals surface area contributed by atoms with E-state index in [0.717, 1.165) is 11.1 Å². The van der Waals surface area contributed by atoms with Gasteiger partial charge in [-0.1, -0.05) is 81.4 Å². The molecule has 0 aliphatic heterocycles. The fourth-order valence-electron chi connectivity index (χ4n) is 3.02. The first-order chi connectivity index (χ1) is 12.5. The van der Waals surface area contributed by atoms with Crippen LogP contribution in [-0.2, 0) is 21.0 Å². The van der Waals surface area contributed by atoms with Gasteiger partial charge in [0, 0.05) is 11.0 Å². The predicted molar refractivity (Wildman–Crippen MR) is 135 cm³/mol. The Morgan fingerprint density at radius 1 is 0.929 bits per heavy atom. The first kappa shape index (κ1) is 26.0. The maximum Gasteiger partial charge on any atom is 0.167 e. The maximum atomic E-state index is 5.46. The first-order valence-electron chi connectivity index (χ1n) is 9.88. The van der Waals surface area contributed by atoms with E-state index in [1.807, 2.05) is 0 Å². The third-order valence-corrected chi connectivity index (χ3v) is 9.15. The van der Waals surface area contributed by atoms with E-state index in [1.54, 1.807) is 7.11 Å². The number of nitrogens with one attached hydrogen (secondary N) is 1. The van der Waals surface area contributed by atoms with E-state index in [1.165, 1.54) is 27.7 Å². The largest absolute Gasteiger partial charge is 0.490 e. The fraction of sp³-hybridized carbons (Fsp3) is 0.652. The van der Waals surface area contributed by atoms with Crippen molar-refractivity contribution in [1.29, 1.82) is 0 Å². The summed E-state index contributed by atoms with van der Waals surface area (Å²) in [5.41, 5.74) is 5.52. The first-order valence-corrected chi connectivity index (χ1v) is 14.0. The minimum absolute atomic E-state index is 0.0291. The van der Waals surface area contributed by atoms with Gasteiger partial charge in [0.05, 0.1) is 13.9 Å². The van der Waals surface area contributed by atoms with Gasteiger partial charge in [0.1, 0.15) is 0 Å². The summed E-state index contributed by atoms with van der Waals surface area (Å²) in [4.78, 5) is 0. The number of allylic oxidation sites excluding steroid dienone is 1. The summed E-state index contributed by atoms with van der Waals surface area (Å²) in [6.07, 6.45) is 0.911. The Labute approximate surface area is 191 Å². The van der Waals surface area contributed by atoms with Crippen molar-refractivity contribution in [2.75, 3.05) is 12.2 Å². The summed E-state index contributed by atoms with van der Waals surface area (Å²) < 4.78 is 6.27. The van der Waals surface area contributed by atoms with E-state index in [-0.39, 0.29) is 16.2 Å². The molecule has 0 fully saturated rings. The molecule has 1 N–H and O–H groups in total. The van der Waals surface area contributed by atoms with Gasteiger partial charge in [-0.2, -0.15) is 0 Å². The van der Waals surface area contributed by atoms with Crippen molar-refractivity contribution in [3.63, 3.8) is 0 Å². The van der Waals surface area contributed by atoms with Crippen LogP contribution < -0.4 is 5.09 Å². The lowest BCUT2D eigenvalue weighted by atomic mass is 9.74. The van der Waals surface area contributed by atoms with Crippen molar-refractivity contribution in [3.05, 3.63) is 38.8 Å². The zero-order chi connectivity index (χ0) is 22.1. The fourth-order valence-corrected chi connectivity index (χ4v) is 7.41. The summed E-state index contributed by atoms with van der Waals surface area (Å²) in [5, 5.41) is 5.07. The van der Waals surface area contributed by atoms with E-state index in [4.69, 9.17) is 4.74 Å². The van der Waals surface area contributed by atoms with Crippen LogP contribution in [0, 0.1) is 0 Å². The number of ether oxygens (including phenoxy) is 1. The van der Waals surface area contributed by atoms with E-state index >= 15 is 0 Å². The SMILES string of the molecule is CC/C(=C(/Br)OC)P(Br)Nc1c(C(C)(C)C)cc(C(C)(C)C)cc1C(C)(C)C. The summed E-state index contributed by atoms with van der Waals surface area (Å²) >= 11 is 7.50. The highest BCUT2D eigenvalue weighted by atomic mass is 79.9. The molecule has 1 unspecified atom stereocenters. The molecule has 1 aromatic carbocycles. The van der Waals surface area contributed by atoms with E-state index in [2.05, 4.69) is 118 Å². The minimum Gasteiger partial charge on any atom is -0.490 e. The smallest absolute Gasteiger partial charge is 0.167 e. The standard InChI is InChI=1S/C23H38Br2NOP/c1-12-18(20(24)27-11)28(25)26-19-16(22(5,6)7)13-15(21(2,3)4)14-17(19)23(8,9)10/h13-14,26H,12H2,1-11H3/b20-18+. The van der Waals surface area contributed by atoms with Crippen LogP contribution in [-0.4, -0.2) is 7.11 Å². The summed E-state index contributed by atoms with van der Waals surface area (Å²) in [7, 11) is 1.70. The van der Waals surface area contributed by atoms with Gasteiger partial charge in [0.2, 0.25) is 0 Å². The minimum atomic E-state index is -0.760. The molecule has 0 spiro atoms. The Balaban J connectivity index is 3.76. The molecule has 0 heterocycles. The molecule has 0 aromatic heterocycles. The van der Waals surface area contributed by atoms with Crippen molar-refractivity contribution in [3.8, 4) is 0 Å². The third-order valence-electron chi connectivity index (χ3n) is 4.81. The van der Waals surface area contributed by atoms with Crippen LogP contribution in [0.2, 0.25) is 0 Å². The lowest BCUT2D eigenvalue weighted by Gasteiger charge is -2.35. The number of rotatable bonds is 5. The van der Waals surface area contributed by atoms with Crippen molar-refractivity contribution < 1.29 is 4.74 Å². The second kappa shape index (κ2) is 9.40. The molecule has 0 saturated heterocycles. The molecule has 1 aromatic rings. The Morgan fingerprint density at radius 2 is 1.36 bits per heavy atom. The lowest BCUT2D eigenvalue weighted by molar-refractivity contribution is 0.325. The lowest BCUT2D eigenvalue weighted by Crippen LogP contribution is -2.23. The normalized spacial score (nSPS) is 15.2. The van der Waals surface area contributed by atoms with Crippen LogP contribution in [0.15, 0.2) is 22.1 Å². The molecule has 0 bridgehead atoms. The molecule has 160 valence electrons. The van der Waals surface area contributed by atoms with Crippen LogP contribution in [0.5, 0.6) is 0 Å². The van der Waals surface area contributed by atoms with Crippen LogP contribution >= 0.6 is 38.2 Å². The zero-order valence-electron chi connectivity index (χ0n) is 19.5. The molecule has 0 amide bonds. The van der Waals surface area contributed by atoms with E-state index < -0.39 is 6.77 Å². The molecule has 1 rings (SSSR count). The number of halogens is 2. The van der Waals surface area contributed by atoms with Crippen LogP contribution in [0.25, 0.3) is 0 Å². The van der Waals surface area contributed by atoms with Gasteiger partial charge in [0.15, 0.2) is 4.67 Å². The molecule has 0 aliphatic carbocycles. The highest BCUT2D eigenvalue weighted by Crippen LogP contribution is 2.57. The predicted octanol–water partition coefficient (Wildman–Crippen LogP) is 9.32. The Morgan fingerprint density at radius 3 is 1.64 bits per heavy atom. The molecule has 0 radical (unpaired) electrons. The molecule has 5 heteroatoms. The summed E-state index contributed by atoms with van der Waals surface area (Å²) in [5.74, 6) is 0. The molecule has 0 saturated carbocycles. The average molecular weight is 535 g/mol. The quantitative estimate of drug-likeness (QED) is 0.300.